The first kappa shape index (κ1) is 12.7. The third-order valence-electron chi connectivity index (χ3n) is 2.31. The third-order valence-corrected chi connectivity index (χ3v) is 2.31. The van der Waals surface area contributed by atoms with E-state index in [1.807, 2.05) is 6.07 Å². The molecule has 0 aliphatic rings. The van der Waals surface area contributed by atoms with E-state index in [0.717, 1.165) is 6.42 Å². The normalized spacial score (nSPS) is 12.1. The second-order valence-corrected chi connectivity index (χ2v) is 3.93. The van der Waals surface area contributed by atoms with Gasteiger partial charge in [0.2, 0.25) is 0 Å². The first-order valence-corrected chi connectivity index (χ1v) is 5.48. The van der Waals surface area contributed by atoms with Crippen molar-refractivity contribution in [2.75, 3.05) is 13.2 Å². The molecule has 0 saturated carbocycles. The Morgan fingerprint density at radius 1 is 1.38 bits per heavy atom. The number of benzene rings is 1. The van der Waals surface area contributed by atoms with Gasteiger partial charge in [0.25, 0.3) is 0 Å². The SMILES string of the molecule is Cc1ccc(C[C@H](N)COCCC#N)cc1. The summed E-state index contributed by atoms with van der Waals surface area (Å²) < 4.78 is 5.28. The van der Waals surface area contributed by atoms with Gasteiger partial charge in [-0.25, -0.2) is 0 Å². The van der Waals surface area contributed by atoms with Crippen molar-refractivity contribution in [3.63, 3.8) is 0 Å². The average Bonchev–Trinajstić information content (AvgIpc) is 2.28. The largest absolute Gasteiger partial charge is 0.379 e. The lowest BCUT2D eigenvalue weighted by molar-refractivity contribution is 0.126. The van der Waals surface area contributed by atoms with Crippen LogP contribution in [-0.2, 0) is 11.2 Å². The Morgan fingerprint density at radius 2 is 2.06 bits per heavy atom. The Kier molecular flexibility index (Phi) is 5.55. The average molecular weight is 218 g/mol. The van der Waals surface area contributed by atoms with Gasteiger partial charge in [-0.15, -0.1) is 0 Å². The maximum absolute atomic E-state index is 8.33. The summed E-state index contributed by atoms with van der Waals surface area (Å²) >= 11 is 0. The van der Waals surface area contributed by atoms with E-state index in [-0.39, 0.29) is 6.04 Å². The van der Waals surface area contributed by atoms with E-state index >= 15 is 0 Å². The zero-order valence-corrected chi connectivity index (χ0v) is 9.65. The van der Waals surface area contributed by atoms with Crippen molar-refractivity contribution in [1.82, 2.24) is 0 Å². The predicted octanol–water partition coefficient (Wildman–Crippen LogP) is 1.80. The van der Waals surface area contributed by atoms with E-state index in [4.69, 9.17) is 15.7 Å². The van der Waals surface area contributed by atoms with E-state index in [1.54, 1.807) is 0 Å². The minimum absolute atomic E-state index is 0.00130. The minimum Gasteiger partial charge on any atom is -0.379 e. The fourth-order valence-corrected chi connectivity index (χ4v) is 1.44. The number of aryl methyl sites for hydroxylation is 1. The van der Waals surface area contributed by atoms with Gasteiger partial charge in [0.1, 0.15) is 0 Å². The Labute approximate surface area is 96.8 Å². The topological polar surface area (TPSA) is 59.0 Å². The van der Waals surface area contributed by atoms with Crippen molar-refractivity contribution in [1.29, 1.82) is 5.26 Å². The predicted molar refractivity (Wildman–Crippen MR) is 63.9 cm³/mol. The standard InChI is InChI=1S/C13H18N2O/c1-11-3-5-12(6-4-11)9-13(15)10-16-8-2-7-14/h3-6,13H,2,8-10,15H2,1H3/t13-/m0/s1. The molecule has 0 amide bonds. The molecule has 1 aromatic rings. The van der Waals surface area contributed by atoms with Crippen LogP contribution in [0.1, 0.15) is 17.5 Å². The van der Waals surface area contributed by atoms with Gasteiger partial charge in [0.05, 0.1) is 25.7 Å². The monoisotopic (exact) mass is 218 g/mol. The molecule has 0 heterocycles. The highest BCUT2D eigenvalue weighted by Crippen LogP contribution is 2.05. The van der Waals surface area contributed by atoms with Crippen LogP contribution >= 0.6 is 0 Å². The second kappa shape index (κ2) is 7.00. The zero-order chi connectivity index (χ0) is 11.8. The quantitative estimate of drug-likeness (QED) is 0.741. The number of ether oxygens (including phenoxy) is 1. The first-order chi connectivity index (χ1) is 7.72. The molecule has 0 saturated heterocycles. The van der Waals surface area contributed by atoms with E-state index in [2.05, 4.69) is 31.2 Å². The van der Waals surface area contributed by atoms with Gasteiger partial charge in [-0.1, -0.05) is 29.8 Å². The summed E-state index contributed by atoms with van der Waals surface area (Å²) in [6, 6.07) is 10.4. The van der Waals surface area contributed by atoms with E-state index in [1.165, 1.54) is 11.1 Å². The van der Waals surface area contributed by atoms with Crippen LogP contribution < -0.4 is 5.73 Å². The molecule has 0 aliphatic carbocycles. The van der Waals surface area contributed by atoms with Crippen LogP contribution in [0.5, 0.6) is 0 Å². The number of nitrogens with two attached hydrogens (primary N) is 1. The summed E-state index contributed by atoms with van der Waals surface area (Å²) in [5.41, 5.74) is 8.39. The molecule has 0 radical (unpaired) electrons. The fourth-order valence-electron chi connectivity index (χ4n) is 1.44. The van der Waals surface area contributed by atoms with Crippen LogP contribution in [0.2, 0.25) is 0 Å². The molecule has 0 fully saturated rings. The summed E-state index contributed by atoms with van der Waals surface area (Å²) in [4.78, 5) is 0. The van der Waals surface area contributed by atoms with Crippen molar-refractivity contribution in [3.8, 4) is 6.07 Å². The van der Waals surface area contributed by atoms with Gasteiger partial charge >= 0.3 is 0 Å². The van der Waals surface area contributed by atoms with Crippen LogP contribution in [0.4, 0.5) is 0 Å². The lowest BCUT2D eigenvalue weighted by Gasteiger charge is -2.11. The van der Waals surface area contributed by atoms with Gasteiger partial charge < -0.3 is 10.5 Å². The summed E-state index contributed by atoms with van der Waals surface area (Å²) in [6.07, 6.45) is 1.24. The fraction of sp³-hybridized carbons (Fsp3) is 0.462. The highest BCUT2D eigenvalue weighted by atomic mass is 16.5. The van der Waals surface area contributed by atoms with Gasteiger partial charge in [-0.3, -0.25) is 0 Å². The maximum Gasteiger partial charge on any atom is 0.0645 e. The number of hydrogen-bond acceptors (Lipinski definition) is 3. The number of hydrogen-bond donors (Lipinski definition) is 1. The van der Waals surface area contributed by atoms with Crippen molar-refractivity contribution >= 4 is 0 Å². The van der Waals surface area contributed by atoms with E-state index in [9.17, 15) is 0 Å². The number of nitriles is 1. The summed E-state index contributed by atoms with van der Waals surface area (Å²) in [6.45, 7) is 3.04. The van der Waals surface area contributed by atoms with E-state index < -0.39 is 0 Å². The molecule has 0 bridgehead atoms. The first-order valence-electron chi connectivity index (χ1n) is 5.48. The van der Waals surface area contributed by atoms with Crippen LogP contribution in [0.15, 0.2) is 24.3 Å². The maximum atomic E-state index is 8.33. The highest BCUT2D eigenvalue weighted by Gasteiger charge is 2.03. The molecule has 1 aromatic carbocycles. The van der Waals surface area contributed by atoms with E-state index in [0.29, 0.717) is 19.6 Å². The molecule has 16 heavy (non-hydrogen) atoms. The van der Waals surface area contributed by atoms with Crippen molar-refractivity contribution in [3.05, 3.63) is 35.4 Å². The van der Waals surface area contributed by atoms with Crippen molar-refractivity contribution < 1.29 is 4.74 Å². The molecule has 3 heteroatoms. The Bertz CT molecular complexity index is 340. The lowest BCUT2D eigenvalue weighted by Crippen LogP contribution is -2.28. The molecule has 1 atom stereocenters. The smallest absolute Gasteiger partial charge is 0.0645 e. The molecule has 1 rings (SSSR count). The van der Waals surface area contributed by atoms with Crippen LogP contribution in [0, 0.1) is 18.3 Å². The molecule has 0 aliphatic heterocycles. The van der Waals surface area contributed by atoms with Crippen molar-refractivity contribution in [2.45, 2.75) is 25.8 Å². The molecule has 3 nitrogen and oxygen atoms in total. The lowest BCUT2D eigenvalue weighted by atomic mass is 10.1. The van der Waals surface area contributed by atoms with Crippen LogP contribution in [-0.4, -0.2) is 19.3 Å². The third kappa shape index (κ3) is 4.92. The number of rotatable bonds is 6. The molecule has 0 unspecified atom stereocenters. The molecule has 0 spiro atoms. The van der Waals surface area contributed by atoms with Gasteiger partial charge in [0.15, 0.2) is 0 Å². The van der Waals surface area contributed by atoms with Gasteiger partial charge in [-0.2, -0.15) is 5.26 Å². The Balaban J connectivity index is 2.26. The summed E-state index contributed by atoms with van der Waals surface area (Å²) in [5.74, 6) is 0. The highest BCUT2D eigenvalue weighted by molar-refractivity contribution is 5.21. The molecular weight excluding hydrogens is 200 g/mol. The van der Waals surface area contributed by atoms with Gasteiger partial charge in [-0.05, 0) is 18.9 Å². The zero-order valence-electron chi connectivity index (χ0n) is 9.65. The van der Waals surface area contributed by atoms with Crippen molar-refractivity contribution in [2.24, 2.45) is 5.73 Å². The minimum atomic E-state index is 0.00130. The second-order valence-electron chi connectivity index (χ2n) is 3.93. The Morgan fingerprint density at radius 3 is 2.69 bits per heavy atom. The van der Waals surface area contributed by atoms with Crippen LogP contribution in [0.3, 0.4) is 0 Å². The molecule has 2 N–H and O–H groups in total. The molecule has 86 valence electrons. The summed E-state index contributed by atoms with van der Waals surface area (Å²) in [5, 5.41) is 8.33. The van der Waals surface area contributed by atoms with Gasteiger partial charge in [0, 0.05) is 6.04 Å². The molecule has 0 aromatic heterocycles. The molecular formula is C13H18N2O. The summed E-state index contributed by atoms with van der Waals surface area (Å²) in [7, 11) is 0. The Hall–Kier alpha value is -1.37. The number of nitrogens with zero attached hydrogens (tertiary/aromatic N) is 1. The van der Waals surface area contributed by atoms with Crippen LogP contribution in [0.25, 0.3) is 0 Å².